The molecule has 1 saturated heterocycles. The molecule has 0 radical (unpaired) electrons. The van der Waals surface area contributed by atoms with E-state index in [9.17, 15) is 0 Å². The Labute approximate surface area is 99.5 Å². The molecule has 0 unspecified atom stereocenters. The molecule has 1 nitrogen and oxygen atoms in total. The Hall–Kier alpha value is -0.820. The molecule has 1 aliphatic rings. The predicted octanol–water partition coefficient (Wildman–Crippen LogP) is 3.87. The lowest BCUT2D eigenvalue weighted by Gasteiger charge is -2.38. The second kappa shape index (κ2) is 4.58. The van der Waals surface area contributed by atoms with Gasteiger partial charge in [0.15, 0.2) is 0 Å². The number of likely N-dealkylation sites (tertiary alicyclic amines) is 1. The maximum Gasteiger partial charge on any atom is 0.0396 e. The quantitative estimate of drug-likeness (QED) is 0.727. The molecule has 1 aliphatic heterocycles. The molecule has 1 atom stereocenters. The van der Waals surface area contributed by atoms with Crippen LogP contribution in [0, 0.1) is 5.41 Å². The van der Waals surface area contributed by atoms with Crippen molar-refractivity contribution >= 4 is 0 Å². The third-order valence-corrected chi connectivity index (χ3v) is 3.44. The molecule has 1 aromatic carbocycles. The summed E-state index contributed by atoms with van der Waals surface area (Å²) in [6, 6.07) is 11.5. The van der Waals surface area contributed by atoms with Gasteiger partial charge in [0.1, 0.15) is 0 Å². The van der Waals surface area contributed by atoms with Crippen molar-refractivity contribution in [1.82, 2.24) is 4.90 Å². The van der Waals surface area contributed by atoms with Crippen LogP contribution in [-0.4, -0.2) is 18.0 Å². The summed E-state index contributed by atoms with van der Waals surface area (Å²) in [6.07, 6.45) is 2.72. The molecule has 1 aromatic rings. The van der Waals surface area contributed by atoms with Gasteiger partial charge in [-0.2, -0.15) is 0 Å². The average Bonchev–Trinajstić information content (AvgIpc) is 2.71. The Morgan fingerprint density at radius 1 is 1.00 bits per heavy atom. The van der Waals surface area contributed by atoms with Gasteiger partial charge in [-0.3, -0.25) is 4.90 Å². The molecule has 1 heteroatoms. The minimum atomic E-state index is 0.311. The van der Waals surface area contributed by atoms with Crippen LogP contribution in [0.25, 0.3) is 0 Å². The van der Waals surface area contributed by atoms with Crippen LogP contribution in [0.1, 0.15) is 45.2 Å². The minimum absolute atomic E-state index is 0.311. The van der Waals surface area contributed by atoms with E-state index < -0.39 is 0 Å². The highest BCUT2D eigenvalue weighted by Crippen LogP contribution is 2.39. The molecular weight excluding hydrogens is 194 g/mol. The minimum Gasteiger partial charge on any atom is -0.296 e. The standard InChI is InChI=1S/C15H23N/c1-15(2,3)14(16-11-7-8-12-16)13-9-5-4-6-10-13/h4-6,9-10,14H,7-8,11-12H2,1-3H3/t14-/m1/s1. The number of nitrogens with zero attached hydrogens (tertiary/aromatic N) is 1. The molecule has 1 heterocycles. The fraction of sp³-hybridized carbons (Fsp3) is 0.600. The van der Waals surface area contributed by atoms with Gasteiger partial charge in [-0.1, -0.05) is 51.1 Å². The van der Waals surface area contributed by atoms with Crippen LogP contribution in [0.5, 0.6) is 0 Å². The lowest BCUT2D eigenvalue weighted by Crippen LogP contribution is -2.34. The lowest BCUT2D eigenvalue weighted by molar-refractivity contribution is 0.125. The maximum absolute atomic E-state index is 2.65. The maximum atomic E-state index is 2.65. The van der Waals surface area contributed by atoms with Gasteiger partial charge in [0, 0.05) is 6.04 Å². The van der Waals surface area contributed by atoms with E-state index in [4.69, 9.17) is 0 Å². The summed E-state index contributed by atoms with van der Waals surface area (Å²) in [5.41, 5.74) is 1.78. The van der Waals surface area contributed by atoms with Gasteiger partial charge < -0.3 is 0 Å². The van der Waals surface area contributed by atoms with E-state index in [0.717, 1.165) is 0 Å². The molecule has 0 amide bonds. The van der Waals surface area contributed by atoms with E-state index in [-0.39, 0.29) is 0 Å². The zero-order chi connectivity index (χ0) is 11.6. The van der Waals surface area contributed by atoms with Crippen LogP contribution in [0.4, 0.5) is 0 Å². The van der Waals surface area contributed by atoms with Gasteiger partial charge in [0.25, 0.3) is 0 Å². The van der Waals surface area contributed by atoms with Crippen molar-refractivity contribution in [3.8, 4) is 0 Å². The summed E-state index contributed by atoms with van der Waals surface area (Å²) in [6.45, 7) is 9.57. The van der Waals surface area contributed by atoms with Gasteiger partial charge in [-0.05, 0) is 36.9 Å². The van der Waals surface area contributed by atoms with Crippen LogP contribution >= 0.6 is 0 Å². The molecule has 88 valence electrons. The molecule has 0 saturated carbocycles. The van der Waals surface area contributed by atoms with E-state index in [1.165, 1.54) is 31.5 Å². The van der Waals surface area contributed by atoms with Crippen molar-refractivity contribution in [2.45, 2.75) is 39.7 Å². The lowest BCUT2D eigenvalue weighted by atomic mass is 9.81. The SMILES string of the molecule is CC(C)(C)[C@@H](c1ccccc1)N1CCCC1. The van der Waals surface area contributed by atoms with Gasteiger partial charge in [0.05, 0.1) is 0 Å². The van der Waals surface area contributed by atoms with Crippen LogP contribution in [0.3, 0.4) is 0 Å². The topological polar surface area (TPSA) is 3.24 Å². The van der Waals surface area contributed by atoms with E-state index in [0.29, 0.717) is 11.5 Å². The summed E-state index contributed by atoms with van der Waals surface area (Å²) < 4.78 is 0. The van der Waals surface area contributed by atoms with E-state index in [2.05, 4.69) is 56.0 Å². The van der Waals surface area contributed by atoms with Crippen LogP contribution in [-0.2, 0) is 0 Å². The first-order valence-electron chi connectivity index (χ1n) is 6.38. The number of benzene rings is 1. The number of hydrogen-bond donors (Lipinski definition) is 0. The van der Waals surface area contributed by atoms with Crippen molar-refractivity contribution in [3.05, 3.63) is 35.9 Å². The van der Waals surface area contributed by atoms with Gasteiger partial charge >= 0.3 is 0 Å². The predicted molar refractivity (Wildman–Crippen MR) is 69.4 cm³/mol. The Balaban J connectivity index is 2.28. The van der Waals surface area contributed by atoms with Gasteiger partial charge in [0.2, 0.25) is 0 Å². The Morgan fingerprint density at radius 2 is 1.56 bits per heavy atom. The first kappa shape index (κ1) is 11.7. The first-order chi connectivity index (χ1) is 7.59. The molecule has 0 bridgehead atoms. The summed E-state index contributed by atoms with van der Waals surface area (Å²) in [4.78, 5) is 2.65. The van der Waals surface area contributed by atoms with E-state index in [1.54, 1.807) is 0 Å². The largest absolute Gasteiger partial charge is 0.296 e. The molecule has 2 rings (SSSR count). The van der Waals surface area contributed by atoms with Crippen molar-refractivity contribution in [2.75, 3.05) is 13.1 Å². The molecule has 0 aromatic heterocycles. The molecule has 0 aliphatic carbocycles. The second-order valence-corrected chi connectivity index (χ2v) is 5.92. The van der Waals surface area contributed by atoms with Gasteiger partial charge in [-0.15, -0.1) is 0 Å². The number of hydrogen-bond acceptors (Lipinski definition) is 1. The monoisotopic (exact) mass is 217 g/mol. The molecule has 0 spiro atoms. The normalized spacial score (nSPS) is 19.9. The van der Waals surface area contributed by atoms with Crippen LogP contribution in [0.15, 0.2) is 30.3 Å². The molecule has 0 N–H and O–H groups in total. The zero-order valence-corrected chi connectivity index (χ0v) is 10.7. The Bertz CT molecular complexity index is 317. The zero-order valence-electron chi connectivity index (χ0n) is 10.7. The summed E-state index contributed by atoms with van der Waals surface area (Å²) in [5, 5.41) is 0. The second-order valence-electron chi connectivity index (χ2n) is 5.92. The number of rotatable bonds is 2. The average molecular weight is 217 g/mol. The highest BCUT2D eigenvalue weighted by Gasteiger charge is 2.32. The summed E-state index contributed by atoms with van der Waals surface area (Å²) in [7, 11) is 0. The van der Waals surface area contributed by atoms with Crippen molar-refractivity contribution in [2.24, 2.45) is 5.41 Å². The van der Waals surface area contributed by atoms with Gasteiger partial charge in [-0.25, -0.2) is 0 Å². The summed E-state index contributed by atoms with van der Waals surface area (Å²) >= 11 is 0. The van der Waals surface area contributed by atoms with E-state index in [1.807, 2.05) is 0 Å². The first-order valence-corrected chi connectivity index (χ1v) is 6.38. The third kappa shape index (κ3) is 2.46. The van der Waals surface area contributed by atoms with Crippen LogP contribution in [0.2, 0.25) is 0 Å². The Kier molecular flexibility index (Phi) is 3.34. The smallest absolute Gasteiger partial charge is 0.0396 e. The fourth-order valence-electron chi connectivity index (χ4n) is 2.89. The van der Waals surface area contributed by atoms with Crippen molar-refractivity contribution in [3.63, 3.8) is 0 Å². The van der Waals surface area contributed by atoms with Crippen molar-refractivity contribution in [1.29, 1.82) is 0 Å². The third-order valence-electron chi connectivity index (χ3n) is 3.44. The van der Waals surface area contributed by atoms with Crippen LogP contribution < -0.4 is 0 Å². The molecule has 1 fully saturated rings. The molecular formula is C15H23N. The van der Waals surface area contributed by atoms with Crippen molar-refractivity contribution < 1.29 is 0 Å². The fourth-order valence-corrected chi connectivity index (χ4v) is 2.89. The van der Waals surface area contributed by atoms with E-state index >= 15 is 0 Å². The molecule has 16 heavy (non-hydrogen) atoms. The highest BCUT2D eigenvalue weighted by atomic mass is 15.2. The summed E-state index contributed by atoms with van der Waals surface area (Å²) in [5.74, 6) is 0. The highest BCUT2D eigenvalue weighted by molar-refractivity contribution is 5.21. The Morgan fingerprint density at radius 3 is 2.06 bits per heavy atom.